The molecule has 3 unspecified atom stereocenters. The fraction of sp³-hybridized carbons (Fsp3) is 0.556. The molecule has 0 aromatic heterocycles. The lowest BCUT2D eigenvalue weighted by atomic mass is 9.66. The molecule has 0 saturated carbocycles. The van der Waals surface area contributed by atoms with Crippen LogP contribution in [-0.4, -0.2) is 32.3 Å². The van der Waals surface area contributed by atoms with Gasteiger partial charge in [-0.15, -0.1) is 0 Å². The first-order valence-electron chi connectivity index (χ1n) is 7.71. The van der Waals surface area contributed by atoms with Crippen molar-refractivity contribution in [2.75, 3.05) is 21.2 Å². The highest BCUT2D eigenvalue weighted by atomic mass is 16.5. The number of methoxy groups -OCH3 is 1. The van der Waals surface area contributed by atoms with E-state index in [0.717, 1.165) is 5.56 Å². The second kappa shape index (κ2) is 9.86. The van der Waals surface area contributed by atoms with Crippen molar-refractivity contribution >= 4 is 5.97 Å². The van der Waals surface area contributed by atoms with Gasteiger partial charge in [-0.2, -0.15) is 5.26 Å². The van der Waals surface area contributed by atoms with Gasteiger partial charge < -0.3 is 15.2 Å². The van der Waals surface area contributed by atoms with Gasteiger partial charge in [0, 0.05) is 0 Å². The van der Waals surface area contributed by atoms with Crippen molar-refractivity contribution in [2.24, 2.45) is 11.8 Å². The summed E-state index contributed by atoms with van der Waals surface area (Å²) in [5, 5.41) is 21.7. The van der Waals surface area contributed by atoms with E-state index in [1.165, 1.54) is 0 Å². The third kappa shape index (κ3) is 4.97. The summed E-state index contributed by atoms with van der Waals surface area (Å²) in [4.78, 5) is 11.2. The number of ether oxygens (including phenoxy) is 1. The van der Waals surface area contributed by atoms with Crippen molar-refractivity contribution in [1.82, 2.24) is 5.32 Å². The molecular weight excluding hydrogens is 292 g/mol. The number of hydrogen-bond donors (Lipinski definition) is 2. The highest BCUT2D eigenvalue weighted by Gasteiger charge is 2.41. The van der Waals surface area contributed by atoms with Crippen LogP contribution in [0, 0.1) is 23.2 Å². The lowest BCUT2D eigenvalue weighted by Gasteiger charge is -2.34. The number of nitrogens with zero attached hydrogens (tertiary/aromatic N) is 1. The molecule has 0 aliphatic heterocycles. The summed E-state index contributed by atoms with van der Waals surface area (Å²) in [7, 11) is 5.32. The highest BCUT2D eigenvalue weighted by molar-refractivity contribution is 5.70. The van der Waals surface area contributed by atoms with E-state index in [2.05, 4.69) is 11.4 Å². The number of hydrogen-bond acceptors (Lipinski definition) is 4. The third-order valence-electron chi connectivity index (χ3n) is 4.26. The van der Waals surface area contributed by atoms with Crippen LogP contribution in [0.2, 0.25) is 0 Å². The summed E-state index contributed by atoms with van der Waals surface area (Å²) in [5.41, 5.74) is -0.0192. The molecule has 0 radical (unpaired) electrons. The first kappa shape index (κ1) is 20.9. The molecule has 5 heteroatoms. The molecule has 0 fully saturated rings. The highest BCUT2D eigenvalue weighted by Crippen LogP contribution is 2.40. The molecule has 1 rings (SSSR count). The largest absolute Gasteiger partial charge is 0.497 e. The van der Waals surface area contributed by atoms with Crippen molar-refractivity contribution < 1.29 is 14.6 Å². The standard InChI is InChI=1S/C16H21NO3.C2H7N/c1-5-16(10-17,12(3)11(2)15(18)19)13-7-6-8-14(9-13)20-4;1-3-2/h6-9,11-12H,5H2,1-4H3,(H,18,19);3H,1-2H3. The van der Waals surface area contributed by atoms with E-state index < -0.39 is 17.3 Å². The lowest BCUT2D eigenvalue weighted by Crippen LogP contribution is -2.38. The van der Waals surface area contributed by atoms with E-state index in [1.807, 2.05) is 52.2 Å². The number of carboxylic acids is 1. The van der Waals surface area contributed by atoms with Crippen LogP contribution in [0.5, 0.6) is 5.75 Å². The predicted molar refractivity (Wildman–Crippen MR) is 91.5 cm³/mol. The van der Waals surface area contributed by atoms with Crippen LogP contribution in [0.15, 0.2) is 24.3 Å². The van der Waals surface area contributed by atoms with Crippen LogP contribution in [-0.2, 0) is 10.2 Å². The quantitative estimate of drug-likeness (QED) is 0.842. The molecule has 128 valence electrons. The average molecular weight is 320 g/mol. The molecule has 0 saturated heterocycles. The molecule has 0 bridgehead atoms. The molecule has 0 aliphatic carbocycles. The number of nitrogens with one attached hydrogen (secondary N) is 1. The Labute approximate surface area is 139 Å². The Balaban J connectivity index is 0.00000149. The fourth-order valence-corrected chi connectivity index (χ4v) is 2.58. The second-order valence-electron chi connectivity index (χ2n) is 5.58. The summed E-state index contributed by atoms with van der Waals surface area (Å²) in [6, 6.07) is 9.67. The van der Waals surface area contributed by atoms with Crippen molar-refractivity contribution in [3.8, 4) is 11.8 Å². The Hall–Kier alpha value is -2.06. The van der Waals surface area contributed by atoms with Crippen molar-refractivity contribution in [1.29, 1.82) is 5.26 Å². The molecule has 0 aliphatic rings. The molecule has 5 nitrogen and oxygen atoms in total. The Morgan fingerprint density at radius 1 is 1.43 bits per heavy atom. The minimum absolute atomic E-state index is 0.304. The number of rotatable bonds is 6. The Kier molecular flexibility index (Phi) is 8.97. The fourth-order valence-electron chi connectivity index (χ4n) is 2.58. The van der Waals surface area contributed by atoms with Crippen molar-refractivity contribution in [3.63, 3.8) is 0 Å². The van der Waals surface area contributed by atoms with Gasteiger partial charge in [0.25, 0.3) is 0 Å². The second-order valence-corrected chi connectivity index (χ2v) is 5.58. The summed E-state index contributed by atoms with van der Waals surface area (Å²) < 4.78 is 5.20. The summed E-state index contributed by atoms with van der Waals surface area (Å²) in [6.45, 7) is 5.38. The van der Waals surface area contributed by atoms with Gasteiger partial charge in [-0.25, -0.2) is 0 Å². The minimum atomic E-state index is -0.881. The zero-order valence-corrected chi connectivity index (χ0v) is 14.9. The normalized spacial score (nSPS) is 15.2. The van der Waals surface area contributed by atoms with Crippen LogP contribution in [0.25, 0.3) is 0 Å². The first-order valence-corrected chi connectivity index (χ1v) is 7.71. The maximum absolute atomic E-state index is 11.2. The van der Waals surface area contributed by atoms with E-state index >= 15 is 0 Å². The topological polar surface area (TPSA) is 82.3 Å². The molecule has 23 heavy (non-hydrogen) atoms. The van der Waals surface area contributed by atoms with E-state index in [4.69, 9.17) is 4.74 Å². The number of aliphatic carboxylic acids is 1. The molecule has 3 atom stereocenters. The van der Waals surface area contributed by atoms with Crippen LogP contribution in [0.3, 0.4) is 0 Å². The minimum Gasteiger partial charge on any atom is -0.497 e. The summed E-state index contributed by atoms with van der Waals surface area (Å²) in [6.07, 6.45) is 0.551. The number of benzene rings is 1. The third-order valence-corrected chi connectivity index (χ3v) is 4.26. The molecule has 0 heterocycles. The van der Waals surface area contributed by atoms with E-state index in [0.29, 0.717) is 12.2 Å². The molecule has 2 N–H and O–H groups in total. The monoisotopic (exact) mass is 320 g/mol. The summed E-state index contributed by atoms with van der Waals surface area (Å²) in [5.74, 6) is -1.11. The maximum Gasteiger partial charge on any atom is 0.306 e. The van der Waals surface area contributed by atoms with Crippen LogP contribution in [0.1, 0.15) is 32.8 Å². The van der Waals surface area contributed by atoms with Crippen LogP contribution >= 0.6 is 0 Å². The Morgan fingerprint density at radius 2 is 2.00 bits per heavy atom. The smallest absolute Gasteiger partial charge is 0.306 e. The van der Waals surface area contributed by atoms with Gasteiger partial charge in [0.15, 0.2) is 0 Å². The van der Waals surface area contributed by atoms with E-state index in [9.17, 15) is 15.2 Å². The Morgan fingerprint density at radius 3 is 2.39 bits per heavy atom. The zero-order valence-electron chi connectivity index (χ0n) is 14.9. The van der Waals surface area contributed by atoms with Gasteiger partial charge in [0.05, 0.1) is 24.5 Å². The number of carbonyl (C=O) groups is 1. The van der Waals surface area contributed by atoms with Crippen LogP contribution in [0.4, 0.5) is 0 Å². The van der Waals surface area contributed by atoms with Gasteiger partial charge in [-0.05, 0) is 44.1 Å². The van der Waals surface area contributed by atoms with Gasteiger partial charge in [0.1, 0.15) is 5.75 Å². The lowest BCUT2D eigenvalue weighted by molar-refractivity contribution is -0.143. The number of nitriles is 1. The van der Waals surface area contributed by atoms with Crippen LogP contribution < -0.4 is 10.1 Å². The van der Waals surface area contributed by atoms with Gasteiger partial charge in [-0.3, -0.25) is 4.79 Å². The van der Waals surface area contributed by atoms with Crippen molar-refractivity contribution in [3.05, 3.63) is 29.8 Å². The maximum atomic E-state index is 11.2. The molecular formula is C18H28N2O3. The predicted octanol–water partition coefficient (Wildman–Crippen LogP) is 3.06. The van der Waals surface area contributed by atoms with Gasteiger partial charge >= 0.3 is 5.97 Å². The van der Waals surface area contributed by atoms with Gasteiger partial charge in [-0.1, -0.05) is 32.9 Å². The van der Waals surface area contributed by atoms with E-state index in [1.54, 1.807) is 14.0 Å². The van der Waals surface area contributed by atoms with Crippen molar-refractivity contribution in [2.45, 2.75) is 32.6 Å². The zero-order chi connectivity index (χ0) is 18.0. The average Bonchev–Trinajstić information content (AvgIpc) is 2.56. The Bertz CT molecular complexity index is 539. The number of carboxylic acid groups (broad SMARTS) is 1. The van der Waals surface area contributed by atoms with Gasteiger partial charge in [0.2, 0.25) is 0 Å². The molecule has 0 spiro atoms. The SMILES string of the molecule is CCC(C#N)(c1cccc(OC)c1)C(C)C(C)C(=O)O.CNC. The molecule has 0 amide bonds. The molecule has 1 aromatic rings. The first-order chi connectivity index (χ1) is 10.8. The molecule has 1 aromatic carbocycles. The van der Waals surface area contributed by atoms with E-state index in [-0.39, 0.29) is 5.92 Å². The summed E-state index contributed by atoms with van der Waals surface area (Å²) >= 11 is 0.